The third-order valence-corrected chi connectivity index (χ3v) is 4.81. The second-order valence-electron chi connectivity index (χ2n) is 5.80. The molecule has 3 nitrogen and oxygen atoms in total. The fraction of sp³-hybridized carbons (Fsp3) is 0.381. The van der Waals surface area contributed by atoms with E-state index in [-0.39, 0.29) is 5.97 Å². The molecule has 1 rings (SSSR count). The lowest BCUT2D eigenvalue weighted by atomic mass is 10.1. The fourth-order valence-corrected chi connectivity index (χ4v) is 3.42. The molecule has 0 amide bonds. The van der Waals surface area contributed by atoms with Gasteiger partial charge in [0.25, 0.3) is 0 Å². The van der Waals surface area contributed by atoms with Gasteiger partial charge in [-0.2, -0.15) is 0 Å². The molecule has 25 heavy (non-hydrogen) atoms. The summed E-state index contributed by atoms with van der Waals surface area (Å²) in [5.74, 6) is -0.305. The van der Waals surface area contributed by atoms with E-state index < -0.39 is 0 Å². The van der Waals surface area contributed by atoms with Crippen molar-refractivity contribution in [3.05, 3.63) is 62.4 Å². The van der Waals surface area contributed by atoms with E-state index in [9.17, 15) is 4.79 Å². The van der Waals surface area contributed by atoms with E-state index in [0.29, 0.717) is 13.2 Å². The highest BCUT2D eigenvalue weighted by atomic mass is 32.1. The Morgan fingerprint density at radius 3 is 2.52 bits per heavy atom. The third kappa shape index (κ3) is 7.24. The number of methoxy groups -OCH3 is 1. The fourth-order valence-electron chi connectivity index (χ4n) is 2.28. The molecule has 0 aromatic carbocycles. The molecule has 0 saturated carbocycles. The molecule has 1 aromatic rings. The van der Waals surface area contributed by atoms with Crippen molar-refractivity contribution in [1.29, 1.82) is 0 Å². The Morgan fingerprint density at radius 1 is 1.16 bits per heavy atom. The maximum atomic E-state index is 11.4. The second kappa shape index (κ2) is 10.9. The van der Waals surface area contributed by atoms with Crippen molar-refractivity contribution in [1.82, 2.24) is 0 Å². The van der Waals surface area contributed by atoms with E-state index in [0.717, 1.165) is 11.1 Å². The average Bonchev–Trinajstić information content (AvgIpc) is 2.80. The molecule has 0 N–H and O–H groups in total. The van der Waals surface area contributed by atoms with Gasteiger partial charge in [-0.15, -0.1) is 11.3 Å². The van der Waals surface area contributed by atoms with Crippen molar-refractivity contribution in [3.8, 4) is 0 Å². The molecule has 0 fully saturated rings. The molecule has 1 heterocycles. The highest BCUT2D eigenvalue weighted by Gasteiger charge is 2.09. The number of carbonyl (C=O) groups is 1. The smallest absolute Gasteiger partial charge is 0.330 e. The van der Waals surface area contributed by atoms with Gasteiger partial charge in [-0.05, 0) is 51.3 Å². The van der Waals surface area contributed by atoms with Crippen molar-refractivity contribution in [2.75, 3.05) is 13.7 Å². The molecule has 136 valence electrons. The molecule has 4 heteroatoms. The summed E-state index contributed by atoms with van der Waals surface area (Å²) in [6.45, 7) is 11.1. The summed E-state index contributed by atoms with van der Waals surface area (Å²) in [5, 5.41) is 0. The first kappa shape index (κ1) is 21.1. The predicted molar refractivity (Wildman–Crippen MR) is 107 cm³/mol. The quantitative estimate of drug-likeness (QED) is 0.347. The van der Waals surface area contributed by atoms with E-state index in [1.807, 2.05) is 25.2 Å². The number of allylic oxidation sites excluding steroid dienone is 6. The van der Waals surface area contributed by atoms with Crippen LogP contribution < -0.4 is 0 Å². The largest absolute Gasteiger partial charge is 0.463 e. The number of rotatable bonds is 8. The van der Waals surface area contributed by atoms with E-state index in [4.69, 9.17) is 9.47 Å². The van der Waals surface area contributed by atoms with Gasteiger partial charge in [0.05, 0.1) is 13.2 Å². The van der Waals surface area contributed by atoms with Crippen LogP contribution in [0.4, 0.5) is 0 Å². The summed E-state index contributed by atoms with van der Waals surface area (Å²) in [7, 11) is 1.72. The summed E-state index contributed by atoms with van der Waals surface area (Å²) < 4.78 is 10.1. The van der Waals surface area contributed by atoms with Gasteiger partial charge in [0.2, 0.25) is 0 Å². The summed E-state index contributed by atoms with van der Waals surface area (Å²) >= 11 is 1.79. The SMILES string of the molecule is CCOC(=O)C=C(C)/C=C/C=C(C)C=Cc1c(C)sc(COC)c1C. The zero-order valence-corrected chi connectivity index (χ0v) is 16.8. The molecular formula is C21H28O3S. The standard InChI is InChI=1S/C21H28O3S/c1-7-24-21(22)13-16(3)10-8-9-15(2)11-12-19-17(4)20(14-23-6)25-18(19)5/h8-13H,7,14H2,1-6H3/b10-8+,12-11?,15-9?,16-13?. The van der Waals surface area contributed by atoms with Crippen LogP contribution in [0.3, 0.4) is 0 Å². The minimum absolute atomic E-state index is 0.305. The van der Waals surface area contributed by atoms with Gasteiger partial charge in [-0.1, -0.05) is 36.0 Å². The lowest BCUT2D eigenvalue weighted by molar-refractivity contribution is -0.137. The van der Waals surface area contributed by atoms with Gasteiger partial charge in [0.1, 0.15) is 0 Å². The zero-order valence-electron chi connectivity index (χ0n) is 16.0. The summed E-state index contributed by atoms with van der Waals surface area (Å²) in [6, 6.07) is 0. The van der Waals surface area contributed by atoms with Crippen molar-refractivity contribution in [2.45, 2.75) is 41.2 Å². The van der Waals surface area contributed by atoms with Crippen LogP contribution in [0, 0.1) is 13.8 Å². The Hall–Kier alpha value is -1.91. The van der Waals surface area contributed by atoms with Crippen LogP contribution in [0.25, 0.3) is 6.08 Å². The van der Waals surface area contributed by atoms with Crippen LogP contribution in [0.2, 0.25) is 0 Å². The van der Waals surface area contributed by atoms with Crippen molar-refractivity contribution < 1.29 is 14.3 Å². The number of esters is 1. The molecule has 0 aliphatic heterocycles. The average molecular weight is 361 g/mol. The van der Waals surface area contributed by atoms with E-state index in [1.54, 1.807) is 25.4 Å². The van der Waals surface area contributed by atoms with E-state index in [2.05, 4.69) is 32.9 Å². The van der Waals surface area contributed by atoms with Crippen molar-refractivity contribution in [3.63, 3.8) is 0 Å². The number of aryl methyl sites for hydroxylation is 1. The van der Waals surface area contributed by atoms with E-state index >= 15 is 0 Å². The Labute approximate surface area is 155 Å². The topological polar surface area (TPSA) is 35.5 Å². The molecule has 0 spiro atoms. The Morgan fingerprint density at radius 2 is 1.88 bits per heavy atom. The Kier molecular flexibility index (Phi) is 9.17. The van der Waals surface area contributed by atoms with Gasteiger partial charge in [-0.3, -0.25) is 0 Å². The zero-order chi connectivity index (χ0) is 18.8. The summed E-state index contributed by atoms with van der Waals surface area (Å²) in [4.78, 5) is 13.9. The first-order chi connectivity index (χ1) is 11.9. The maximum Gasteiger partial charge on any atom is 0.330 e. The van der Waals surface area contributed by atoms with Crippen LogP contribution in [-0.4, -0.2) is 19.7 Å². The Balaban J connectivity index is 2.77. The summed E-state index contributed by atoms with van der Waals surface area (Å²) in [6.07, 6.45) is 11.6. The van der Waals surface area contributed by atoms with Gasteiger partial charge in [-0.25, -0.2) is 4.79 Å². The minimum Gasteiger partial charge on any atom is -0.463 e. The number of thiophene rings is 1. The number of hydrogen-bond acceptors (Lipinski definition) is 4. The number of ether oxygens (including phenoxy) is 2. The monoisotopic (exact) mass is 360 g/mol. The van der Waals surface area contributed by atoms with Crippen LogP contribution >= 0.6 is 11.3 Å². The molecule has 0 radical (unpaired) electrons. The first-order valence-electron chi connectivity index (χ1n) is 8.34. The summed E-state index contributed by atoms with van der Waals surface area (Å²) in [5.41, 5.74) is 4.56. The third-order valence-electron chi connectivity index (χ3n) is 3.62. The molecule has 1 aromatic heterocycles. The van der Waals surface area contributed by atoms with Crippen LogP contribution in [0.15, 0.2) is 41.5 Å². The minimum atomic E-state index is -0.305. The van der Waals surface area contributed by atoms with Crippen molar-refractivity contribution in [2.24, 2.45) is 0 Å². The van der Waals surface area contributed by atoms with Crippen LogP contribution in [0.5, 0.6) is 0 Å². The van der Waals surface area contributed by atoms with Crippen LogP contribution in [0.1, 0.15) is 41.7 Å². The second-order valence-corrected chi connectivity index (χ2v) is 7.11. The first-order valence-corrected chi connectivity index (χ1v) is 9.16. The van der Waals surface area contributed by atoms with Gasteiger partial charge >= 0.3 is 5.97 Å². The molecule has 0 aliphatic rings. The Bertz CT molecular complexity index is 703. The normalized spacial score (nSPS) is 13.2. The van der Waals surface area contributed by atoms with Crippen molar-refractivity contribution >= 4 is 23.4 Å². The molecule has 0 atom stereocenters. The molecule has 0 aliphatic carbocycles. The highest BCUT2D eigenvalue weighted by Crippen LogP contribution is 2.29. The molecular weight excluding hydrogens is 332 g/mol. The molecule has 0 bridgehead atoms. The molecule has 0 saturated heterocycles. The van der Waals surface area contributed by atoms with Gasteiger partial charge in [0, 0.05) is 22.9 Å². The molecule has 0 unspecified atom stereocenters. The lowest BCUT2D eigenvalue weighted by Gasteiger charge is -1.98. The lowest BCUT2D eigenvalue weighted by Crippen LogP contribution is -1.99. The van der Waals surface area contributed by atoms with Gasteiger partial charge < -0.3 is 9.47 Å². The number of carbonyl (C=O) groups excluding carboxylic acids is 1. The van der Waals surface area contributed by atoms with E-state index in [1.165, 1.54) is 27.0 Å². The van der Waals surface area contributed by atoms with Crippen LogP contribution in [-0.2, 0) is 20.9 Å². The maximum absolute atomic E-state index is 11.4. The predicted octanol–water partition coefficient (Wildman–Crippen LogP) is 5.54. The highest BCUT2D eigenvalue weighted by molar-refractivity contribution is 7.12. The number of hydrogen-bond donors (Lipinski definition) is 0. The van der Waals surface area contributed by atoms with Gasteiger partial charge in [0.15, 0.2) is 0 Å².